The standard InChI is InChI=1S/C9H10N2O3/c1-2-5-14-6-3-4-11-8(12)7-10-9(11)13/h1,3,6H,4-5,7H2,(H,10,13). The Morgan fingerprint density at radius 2 is 2.43 bits per heavy atom. The molecular formula is C9H10N2O3. The van der Waals surface area contributed by atoms with Crippen LogP contribution in [-0.2, 0) is 9.53 Å². The molecule has 0 spiro atoms. The van der Waals surface area contributed by atoms with Gasteiger partial charge in [0.05, 0.1) is 19.4 Å². The van der Waals surface area contributed by atoms with E-state index in [2.05, 4.69) is 11.2 Å². The quantitative estimate of drug-likeness (QED) is 0.289. The maximum absolute atomic E-state index is 11.0. The lowest BCUT2D eigenvalue weighted by Gasteiger charge is -2.07. The number of carbonyl (C=O) groups excluding carboxylic acids is 2. The molecule has 74 valence electrons. The van der Waals surface area contributed by atoms with Crippen LogP contribution in [0.2, 0.25) is 0 Å². The lowest BCUT2D eigenvalue weighted by molar-refractivity contribution is -0.124. The molecule has 14 heavy (non-hydrogen) atoms. The molecule has 1 N–H and O–H groups in total. The molecule has 0 saturated carbocycles. The number of hydrogen-bond donors (Lipinski definition) is 1. The molecule has 1 rings (SSSR count). The molecule has 0 aliphatic carbocycles. The van der Waals surface area contributed by atoms with Gasteiger partial charge in [-0.05, 0) is 6.08 Å². The van der Waals surface area contributed by atoms with Gasteiger partial charge in [0.15, 0.2) is 0 Å². The highest BCUT2D eigenvalue weighted by atomic mass is 16.5. The molecule has 0 bridgehead atoms. The fourth-order valence-electron chi connectivity index (χ4n) is 0.953. The molecule has 1 heterocycles. The first kappa shape index (κ1) is 10.1. The summed E-state index contributed by atoms with van der Waals surface area (Å²) < 4.78 is 4.83. The van der Waals surface area contributed by atoms with E-state index in [1.54, 1.807) is 6.08 Å². The van der Waals surface area contributed by atoms with Crippen molar-refractivity contribution in [2.45, 2.75) is 0 Å². The molecule has 1 aliphatic heterocycles. The highest BCUT2D eigenvalue weighted by Gasteiger charge is 2.26. The molecule has 0 aromatic heterocycles. The summed E-state index contributed by atoms with van der Waals surface area (Å²) in [5, 5.41) is 2.40. The van der Waals surface area contributed by atoms with Gasteiger partial charge in [-0.3, -0.25) is 9.69 Å². The van der Waals surface area contributed by atoms with Crippen LogP contribution in [0.4, 0.5) is 4.79 Å². The SMILES string of the molecule is C#CCOC=CCN1C(=O)CNC1=O. The van der Waals surface area contributed by atoms with Gasteiger partial charge in [0.25, 0.3) is 0 Å². The van der Waals surface area contributed by atoms with Crippen molar-refractivity contribution in [3.63, 3.8) is 0 Å². The summed E-state index contributed by atoms with van der Waals surface area (Å²) in [6.45, 7) is 0.448. The van der Waals surface area contributed by atoms with Gasteiger partial charge in [0.2, 0.25) is 5.91 Å². The molecule has 3 amide bonds. The van der Waals surface area contributed by atoms with Crippen molar-refractivity contribution in [1.82, 2.24) is 10.2 Å². The van der Waals surface area contributed by atoms with Gasteiger partial charge >= 0.3 is 6.03 Å². The monoisotopic (exact) mass is 194 g/mol. The van der Waals surface area contributed by atoms with Crippen LogP contribution in [0.1, 0.15) is 0 Å². The van der Waals surface area contributed by atoms with Gasteiger partial charge in [-0.1, -0.05) is 5.92 Å². The van der Waals surface area contributed by atoms with Crippen molar-refractivity contribution in [3.8, 4) is 12.3 Å². The molecule has 5 nitrogen and oxygen atoms in total. The molecule has 1 fully saturated rings. The second-order valence-electron chi connectivity index (χ2n) is 2.55. The van der Waals surface area contributed by atoms with Crippen molar-refractivity contribution in [2.24, 2.45) is 0 Å². The second kappa shape index (κ2) is 4.92. The van der Waals surface area contributed by atoms with Crippen LogP contribution in [-0.4, -0.2) is 36.5 Å². The van der Waals surface area contributed by atoms with Crippen LogP contribution < -0.4 is 5.32 Å². The first-order chi connectivity index (χ1) is 6.75. The van der Waals surface area contributed by atoms with Crippen LogP contribution in [0.3, 0.4) is 0 Å². The minimum absolute atomic E-state index is 0.0673. The largest absolute Gasteiger partial charge is 0.489 e. The van der Waals surface area contributed by atoms with E-state index in [1.807, 2.05) is 0 Å². The van der Waals surface area contributed by atoms with Gasteiger partial charge < -0.3 is 10.1 Å². The maximum Gasteiger partial charge on any atom is 0.324 e. The number of urea groups is 1. The van der Waals surface area contributed by atoms with E-state index in [-0.39, 0.29) is 31.6 Å². The number of nitrogens with zero attached hydrogens (tertiary/aromatic N) is 1. The van der Waals surface area contributed by atoms with Crippen LogP contribution in [0.25, 0.3) is 0 Å². The number of imide groups is 1. The average Bonchev–Trinajstić information content (AvgIpc) is 2.48. The Kier molecular flexibility index (Phi) is 3.56. The predicted molar refractivity (Wildman–Crippen MR) is 49.0 cm³/mol. The Bertz CT molecular complexity index is 288. The second-order valence-corrected chi connectivity index (χ2v) is 2.55. The van der Waals surface area contributed by atoms with Crippen LogP contribution in [0, 0.1) is 12.3 Å². The Morgan fingerprint density at radius 1 is 1.64 bits per heavy atom. The number of rotatable bonds is 4. The first-order valence-corrected chi connectivity index (χ1v) is 4.04. The molecule has 0 radical (unpaired) electrons. The zero-order valence-corrected chi connectivity index (χ0v) is 7.53. The Labute approximate surface area is 81.7 Å². The predicted octanol–water partition coefficient (Wildman–Crippen LogP) is -0.298. The zero-order valence-electron chi connectivity index (χ0n) is 7.53. The fraction of sp³-hybridized carbons (Fsp3) is 0.333. The molecule has 0 atom stereocenters. The van der Waals surface area contributed by atoms with Gasteiger partial charge in [-0.25, -0.2) is 4.79 Å². The van der Waals surface area contributed by atoms with Crippen LogP contribution in [0.5, 0.6) is 0 Å². The average molecular weight is 194 g/mol. The third kappa shape index (κ3) is 2.52. The van der Waals surface area contributed by atoms with E-state index in [0.717, 1.165) is 4.90 Å². The van der Waals surface area contributed by atoms with Crippen molar-refractivity contribution in [2.75, 3.05) is 19.7 Å². The van der Waals surface area contributed by atoms with Gasteiger partial charge in [-0.2, -0.15) is 0 Å². The number of hydrogen-bond acceptors (Lipinski definition) is 3. The molecule has 0 unspecified atom stereocenters. The number of amides is 3. The first-order valence-electron chi connectivity index (χ1n) is 4.04. The topological polar surface area (TPSA) is 58.6 Å². The van der Waals surface area contributed by atoms with Crippen LogP contribution in [0.15, 0.2) is 12.3 Å². The summed E-state index contributed by atoms with van der Waals surface area (Å²) >= 11 is 0. The summed E-state index contributed by atoms with van der Waals surface area (Å²) in [5.41, 5.74) is 0. The molecule has 1 saturated heterocycles. The molecule has 5 heteroatoms. The van der Waals surface area contributed by atoms with Gasteiger partial charge in [-0.15, -0.1) is 6.42 Å². The summed E-state index contributed by atoms with van der Waals surface area (Å²) in [4.78, 5) is 23.1. The number of terminal acetylenes is 1. The molecular weight excluding hydrogens is 184 g/mol. The third-order valence-electron chi connectivity index (χ3n) is 1.58. The number of nitrogens with one attached hydrogen (secondary N) is 1. The fourth-order valence-corrected chi connectivity index (χ4v) is 0.953. The number of ether oxygens (including phenoxy) is 1. The Balaban J connectivity index is 2.30. The van der Waals surface area contributed by atoms with E-state index >= 15 is 0 Å². The molecule has 0 aromatic carbocycles. The minimum Gasteiger partial charge on any atom is -0.489 e. The normalized spacial score (nSPS) is 15.8. The van der Waals surface area contributed by atoms with E-state index < -0.39 is 0 Å². The highest BCUT2D eigenvalue weighted by Crippen LogP contribution is 1.98. The van der Waals surface area contributed by atoms with Crippen molar-refractivity contribution >= 4 is 11.9 Å². The van der Waals surface area contributed by atoms with Crippen molar-refractivity contribution in [3.05, 3.63) is 12.3 Å². The van der Waals surface area contributed by atoms with Crippen LogP contribution >= 0.6 is 0 Å². The van der Waals surface area contributed by atoms with Crippen molar-refractivity contribution in [1.29, 1.82) is 0 Å². The van der Waals surface area contributed by atoms with Gasteiger partial charge in [0, 0.05) is 0 Å². The third-order valence-corrected chi connectivity index (χ3v) is 1.58. The summed E-state index contributed by atoms with van der Waals surface area (Å²) in [6, 6.07) is -0.378. The lowest BCUT2D eigenvalue weighted by Crippen LogP contribution is -2.30. The molecule has 0 aromatic rings. The van der Waals surface area contributed by atoms with E-state index in [9.17, 15) is 9.59 Å². The van der Waals surface area contributed by atoms with E-state index in [0.29, 0.717) is 0 Å². The van der Waals surface area contributed by atoms with Crippen molar-refractivity contribution < 1.29 is 14.3 Å². The van der Waals surface area contributed by atoms with E-state index in [4.69, 9.17) is 11.2 Å². The maximum atomic E-state index is 11.0. The minimum atomic E-state index is -0.378. The van der Waals surface area contributed by atoms with E-state index in [1.165, 1.54) is 6.26 Å². The Hall–Kier alpha value is -1.96. The summed E-state index contributed by atoms with van der Waals surface area (Å²) in [5.74, 6) is 2.04. The summed E-state index contributed by atoms with van der Waals surface area (Å²) in [7, 11) is 0. The molecule has 1 aliphatic rings. The lowest BCUT2D eigenvalue weighted by atomic mass is 10.5. The summed E-state index contributed by atoms with van der Waals surface area (Å²) in [6.07, 6.45) is 7.87. The van der Waals surface area contributed by atoms with Gasteiger partial charge in [0.1, 0.15) is 6.61 Å². The Morgan fingerprint density at radius 3 is 3.00 bits per heavy atom. The highest BCUT2D eigenvalue weighted by molar-refractivity contribution is 6.02. The smallest absolute Gasteiger partial charge is 0.324 e. The zero-order chi connectivity index (χ0) is 10.4. The number of carbonyl (C=O) groups is 2.